The molecule has 0 heterocycles. The van der Waals surface area contributed by atoms with E-state index < -0.39 is 0 Å². The second-order valence-electron chi connectivity index (χ2n) is 4.04. The molecule has 1 unspecified atom stereocenters. The zero-order valence-corrected chi connectivity index (χ0v) is 10.4. The van der Waals surface area contributed by atoms with E-state index in [1.54, 1.807) is 7.11 Å². The number of anilines is 1. The third-order valence-electron chi connectivity index (χ3n) is 2.52. The monoisotopic (exact) mass is 222 g/mol. The molecule has 1 aromatic carbocycles. The van der Waals surface area contributed by atoms with Crippen LogP contribution < -0.4 is 10.6 Å². The Bertz CT molecular complexity index is 284. The summed E-state index contributed by atoms with van der Waals surface area (Å²) in [6.45, 7) is 6.92. The van der Waals surface area contributed by atoms with Gasteiger partial charge in [-0.05, 0) is 26.0 Å². The first kappa shape index (κ1) is 13.0. The second-order valence-corrected chi connectivity index (χ2v) is 4.04. The van der Waals surface area contributed by atoms with Crippen LogP contribution in [0, 0.1) is 6.92 Å². The largest absolute Gasteiger partial charge is 0.384 e. The van der Waals surface area contributed by atoms with Gasteiger partial charge in [-0.2, -0.15) is 0 Å². The van der Waals surface area contributed by atoms with E-state index in [2.05, 4.69) is 48.7 Å². The predicted octanol–water partition coefficient (Wildman–Crippen LogP) is 2.03. The highest BCUT2D eigenvalue weighted by atomic mass is 16.5. The third kappa shape index (κ3) is 5.14. The van der Waals surface area contributed by atoms with Gasteiger partial charge in [0.1, 0.15) is 0 Å². The van der Waals surface area contributed by atoms with Crippen molar-refractivity contribution in [1.29, 1.82) is 0 Å². The molecule has 2 N–H and O–H groups in total. The van der Waals surface area contributed by atoms with Crippen molar-refractivity contribution in [3.63, 3.8) is 0 Å². The molecular weight excluding hydrogens is 200 g/mol. The van der Waals surface area contributed by atoms with Gasteiger partial charge in [-0.3, -0.25) is 0 Å². The maximum absolute atomic E-state index is 5.15. The van der Waals surface area contributed by atoms with Gasteiger partial charge in [0.05, 0.1) is 6.10 Å². The molecule has 0 aliphatic rings. The Morgan fingerprint density at radius 1 is 1.19 bits per heavy atom. The molecule has 1 aromatic rings. The molecule has 0 bridgehead atoms. The smallest absolute Gasteiger partial charge is 0.0667 e. The fourth-order valence-electron chi connectivity index (χ4n) is 1.36. The molecule has 0 saturated heterocycles. The van der Waals surface area contributed by atoms with E-state index in [1.807, 2.05) is 0 Å². The van der Waals surface area contributed by atoms with Crippen molar-refractivity contribution < 1.29 is 4.74 Å². The fourth-order valence-corrected chi connectivity index (χ4v) is 1.36. The van der Waals surface area contributed by atoms with E-state index in [0.29, 0.717) is 0 Å². The highest BCUT2D eigenvalue weighted by molar-refractivity contribution is 5.44. The Kier molecular flexibility index (Phi) is 5.90. The molecule has 0 aromatic heterocycles. The SMILES string of the molecule is COC(C)CNCCNc1ccc(C)cc1. The Balaban J connectivity index is 2.09. The number of methoxy groups -OCH3 is 1. The third-order valence-corrected chi connectivity index (χ3v) is 2.52. The van der Waals surface area contributed by atoms with Gasteiger partial charge in [0.2, 0.25) is 0 Å². The first-order chi connectivity index (χ1) is 7.72. The van der Waals surface area contributed by atoms with Crippen molar-refractivity contribution in [2.24, 2.45) is 0 Å². The molecule has 3 heteroatoms. The minimum absolute atomic E-state index is 0.277. The highest BCUT2D eigenvalue weighted by Crippen LogP contribution is 2.07. The van der Waals surface area contributed by atoms with Crippen LogP contribution in [0.25, 0.3) is 0 Å². The van der Waals surface area contributed by atoms with Crippen molar-refractivity contribution in [1.82, 2.24) is 5.32 Å². The lowest BCUT2D eigenvalue weighted by Crippen LogP contribution is -2.30. The molecule has 0 fully saturated rings. The molecule has 90 valence electrons. The summed E-state index contributed by atoms with van der Waals surface area (Å²) < 4.78 is 5.15. The van der Waals surface area contributed by atoms with E-state index in [0.717, 1.165) is 19.6 Å². The lowest BCUT2D eigenvalue weighted by molar-refractivity contribution is 0.117. The van der Waals surface area contributed by atoms with Crippen LogP contribution in [-0.4, -0.2) is 32.8 Å². The van der Waals surface area contributed by atoms with Crippen molar-refractivity contribution >= 4 is 5.69 Å². The van der Waals surface area contributed by atoms with Crippen molar-refractivity contribution in [3.8, 4) is 0 Å². The topological polar surface area (TPSA) is 33.3 Å². The number of rotatable bonds is 7. The van der Waals surface area contributed by atoms with Crippen molar-refractivity contribution in [2.75, 3.05) is 32.1 Å². The number of hydrogen-bond donors (Lipinski definition) is 2. The molecule has 1 atom stereocenters. The first-order valence-electron chi connectivity index (χ1n) is 5.76. The zero-order valence-electron chi connectivity index (χ0n) is 10.4. The number of benzene rings is 1. The summed E-state index contributed by atoms with van der Waals surface area (Å²) in [5.74, 6) is 0. The van der Waals surface area contributed by atoms with E-state index >= 15 is 0 Å². The summed E-state index contributed by atoms with van der Waals surface area (Å²) in [4.78, 5) is 0. The van der Waals surface area contributed by atoms with Crippen LogP contribution >= 0.6 is 0 Å². The first-order valence-corrected chi connectivity index (χ1v) is 5.76. The molecule has 0 spiro atoms. The molecule has 0 saturated carbocycles. The van der Waals surface area contributed by atoms with Crippen molar-refractivity contribution in [3.05, 3.63) is 29.8 Å². The zero-order chi connectivity index (χ0) is 11.8. The minimum atomic E-state index is 0.277. The van der Waals surface area contributed by atoms with Crippen LogP contribution in [0.15, 0.2) is 24.3 Å². The van der Waals surface area contributed by atoms with E-state index in [4.69, 9.17) is 4.74 Å². The van der Waals surface area contributed by atoms with Gasteiger partial charge in [-0.15, -0.1) is 0 Å². The van der Waals surface area contributed by atoms with Gasteiger partial charge in [0.25, 0.3) is 0 Å². The number of ether oxygens (including phenoxy) is 1. The van der Waals surface area contributed by atoms with Crippen molar-refractivity contribution in [2.45, 2.75) is 20.0 Å². The summed E-state index contributed by atoms with van der Waals surface area (Å²) in [6.07, 6.45) is 0.277. The van der Waals surface area contributed by atoms with Crippen LogP contribution in [0.4, 0.5) is 5.69 Å². The summed E-state index contributed by atoms with van der Waals surface area (Å²) in [6, 6.07) is 8.44. The fraction of sp³-hybridized carbons (Fsp3) is 0.538. The van der Waals surface area contributed by atoms with E-state index in [1.165, 1.54) is 11.3 Å². The van der Waals surface area contributed by atoms with Crippen LogP contribution in [-0.2, 0) is 4.74 Å². The summed E-state index contributed by atoms with van der Waals surface area (Å²) in [5, 5.41) is 6.69. The Hall–Kier alpha value is -1.06. The lowest BCUT2D eigenvalue weighted by Gasteiger charge is -2.11. The molecule has 0 aliphatic heterocycles. The number of hydrogen-bond acceptors (Lipinski definition) is 3. The predicted molar refractivity (Wildman–Crippen MR) is 69.0 cm³/mol. The second kappa shape index (κ2) is 7.25. The Morgan fingerprint density at radius 2 is 1.88 bits per heavy atom. The van der Waals surface area contributed by atoms with Gasteiger partial charge in [-0.25, -0.2) is 0 Å². The van der Waals surface area contributed by atoms with Gasteiger partial charge in [-0.1, -0.05) is 17.7 Å². The van der Waals surface area contributed by atoms with E-state index in [9.17, 15) is 0 Å². The summed E-state index contributed by atoms with van der Waals surface area (Å²) in [7, 11) is 1.73. The molecular formula is C13H22N2O. The van der Waals surface area contributed by atoms with E-state index in [-0.39, 0.29) is 6.10 Å². The maximum atomic E-state index is 5.15. The normalized spacial score (nSPS) is 12.4. The van der Waals surface area contributed by atoms with Gasteiger partial charge < -0.3 is 15.4 Å². The van der Waals surface area contributed by atoms with Gasteiger partial charge in [0, 0.05) is 32.4 Å². The van der Waals surface area contributed by atoms with Crippen LogP contribution in [0.3, 0.4) is 0 Å². The average Bonchev–Trinajstić information content (AvgIpc) is 2.31. The van der Waals surface area contributed by atoms with Crippen LogP contribution in [0.2, 0.25) is 0 Å². The van der Waals surface area contributed by atoms with Gasteiger partial charge >= 0.3 is 0 Å². The molecule has 0 aliphatic carbocycles. The number of aryl methyl sites for hydroxylation is 1. The maximum Gasteiger partial charge on any atom is 0.0667 e. The quantitative estimate of drug-likeness (QED) is 0.693. The molecule has 3 nitrogen and oxygen atoms in total. The lowest BCUT2D eigenvalue weighted by atomic mass is 10.2. The minimum Gasteiger partial charge on any atom is -0.384 e. The van der Waals surface area contributed by atoms with Crippen LogP contribution in [0.5, 0.6) is 0 Å². The highest BCUT2D eigenvalue weighted by Gasteiger charge is 1.97. The summed E-state index contributed by atoms with van der Waals surface area (Å²) in [5.41, 5.74) is 2.46. The Morgan fingerprint density at radius 3 is 2.50 bits per heavy atom. The number of nitrogens with one attached hydrogen (secondary N) is 2. The Labute approximate surface area is 98.2 Å². The average molecular weight is 222 g/mol. The molecule has 1 rings (SSSR count). The summed E-state index contributed by atoms with van der Waals surface area (Å²) >= 11 is 0. The molecule has 0 amide bonds. The molecule has 16 heavy (non-hydrogen) atoms. The van der Waals surface area contributed by atoms with Crippen LogP contribution in [0.1, 0.15) is 12.5 Å². The van der Waals surface area contributed by atoms with Gasteiger partial charge in [0.15, 0.2) is 0 Å². The molecule has 0 radical (unpaired) electrons. The standard InChI is InChI=1S/C13H22N2O/c1-11-4-6-13(7-5-11)15-9-8-14-10-12(2)16-3/h4-7,12,14-15H,8-10H2,1-3H3.